The van der Waals surface area contributed by atoms with E-state index in [2.05, 4.69) is 16.4 Å². The summed E-state index contributed by atoms with van der Waals surface area (Å²) in [6.45, 7) is 1.87. The summed E-state index contributed by atoms with van der Waals surface area (Å²) in [7, 11) is -3.65. The van der Waals surface area contributed by atoms with E-state index in [-0.39, 0.29) is 18.0 Å². The Balaban J connectivity index is 1.51. The fourth-order valence-corrected chi connectivity index (χ4v) is 5.50. The number of nitriles is 1. The quantitative estimate of drug-likeness (QED) is 0.656. The van der Waals surface area contributed by atoms with Gasteiger partial charge in [0.25, 0.3) is 5.91 Å². The number of aromatic nitrogens is 1. The molecule has 0 spiro atoms. The highest BCUT2D eigenvalue weighted by molar-refractivity contribution is 7.89. The number of pyridine rings is 1. The Morgan fingerprint density at radius 2 is 1.97 bits per heavy atom. The highest BCUT2D eigenvalue weighted by Gasteiger charge is 2.37. The molecule has 0 radical (unpaired) electrons. The smallest absolute Gasteiger partial charge is 0.309 e. The molecule has 2 fully saturated rings. The van der Waals surface area contributed by atoms with E-state index in [1.165, 1.54) is 29.7 Å². The average Bonchev–Trinajstić information content (AvgIpc) is 2.80. The van der Waals surface area contributed by atoms with Gasteiger partial charge in [-0.1, -0.05) is 19.3 Å². The van der Waals surface area contributed by atoms with E-state index in [9.17, 15) is 23.3 Å². The first-order chi connectivity index (χ1) is 14.8. The van der Waals surface area contributed by atoms with Crippen LogP contribution in [0.5, 0.6) is 0 Å². The van der Waals surface area contributed by atoms with Crippen LogP contribution in [-0.2, 0) is 24.3 Å². The molecule has 168 valence electrons. The third-order valence-electron chi connectivity index (χ3n) is 6.01. The second-order valence-electron chi connectivity index (χ2n) is 8.19. The number of ether oxygens (including phenoxy) is 1. The average molecular weight is 449 g/mol. The number of rotatable bonds is 6. The van der Waals surface area contributed by atoms with E-state index in [0.717, 1.165) is 19.3 Å². The molecular weight excluding hydrogens is 420 g/mol. The summed E-state index contributed by atoms with van der Waals surface area (Å²) in [6, 6.07) is 5.27. The third kappa shape index (κ3) is 5.40. The van der Waals surface area contributed by atoms with Crippen molar-refractivity contribution in [1.29, 1.82) is 5.26 Å². The van der Waals surface area contributed by atoms with Gasteiger partial charge in [-0.25, -0.2) is 8.42 Å². The monoisotopic (exact) mass is 448 g/mol. The molecule has 1 saturated carbocycles. The number of hydrogen-bond acceptors (Lipinski definition) is 7. The Morgan fingerprint density at radius 1 is 1.29 bits per heavy atom. The van der Waals surface area contributed by atoms with Crippen LogP contribution in [0.25, 0.3) is 0 Å². The van der Waals surface area contributed by atoms with Crippen LogP contribution in [0.15, 0.2) is 29.4 Å². The van der Waals surface area contributed by atoms with Crippen LogP contribution in [0.3, 0.4) is 0 Å². The molecule has 1 N–H and O–H groups in total. The van der Waals surface area contributed by atoms with Crippen molar-refractivity contribution in [2.75, 3.05) is 13.1 Å². The lowest BCUT2D eigenvalue weighted by molar-refractivity contribution is -0.160. The van der Waals surface area contributed by atoms with E-state index in [4.69, 9.17) is 4.74 Å². The third-order valence-corrected chi connectivity index (χ3v) is 7.89. The molecule has 1 saturated heterocycles. The Hall–Kier alpha value is -2.51. The number of nitrogens with one attached hydrogen (secondary N) is 1. The fraction of sp³-hybridized carbons (Fsp3) is 0.619. The molecule has 1 atom stereocenters. The van der Waals surface area contributed by atoms with Gasteiger partial charge >= 0.3 is 5.97 Å². The molecule has 1 aromatic heterocycles. The molecule has 1 aromatic rings. The maximum Gasteiger partial charge on any atom is 0.309 e. The zero-order valence-corrected chi connectivity index (χ0v) is 18.4. The Kier molecular flexibility index (Phi) is 7.28. The molecule has 0 aromatic carbocycles. The van der Waals surface area contributed by atoms with Crippen LogP contribution >= 0.6 is 0 Å². The molecule has 1 amide bonds. The van der Waals surface area contributed by atoms with Crippen molar-refractivity contribution >= 4 is 21.9 Å². The summed E-state index contributed by atoms with van der Waals surface area (Å²) in [6.07, 6.45) is 6.41. The van der Waals surface area contributed by atoms with Crippen LogP contribution in [0.1, 0.15) is 51.9 Å². The fourth-order valence-electron chi connectivity index (χ4n) is 4.06. The molecule has 0 bridgehead atoms. The lowest BCUT2D eigenvalue weighted by Crippen LogP contribution is -2.52. The number of carbonyl (C=O) groups excluding carboxylic acids is 2. The normalized spacial score (nSPS) is 20.9. The zero-order chi connectivity index (χ0) is 22.5. The van der Waals surface area contributed by atoms with E-state index >= 15 is 0 Å². The Morgan fingerprint density at radius 3 is 2.55 bits per heavy atom. The summed E-state index contributed by atoms with van der Waals surface area (Å²) in [5.74, 6) is -1.47. The summed E-state index contributed by atoms with van der Waals surface area (Å²) in [4.78, 5) is 29.0. The minimum absolute atomic E-state index is 0.121. The molecule has 1 aliphatic carbocycles. The van der Waals surface area contributed by atoms with Crippen LogP contribution in [0, 0.1) is 17.2 Å². The second kappa shape index (κ2) is 9.75. The van der Waals surface area contributed by atoms with Gasteiger partial charge in [0.15, 0.2) is 6.10 Å². The molecule has 2 aliphatic rings. The maximum absolute atomic E-state index is 12.7. The Labute approximate surface area is 182 Å². The molecule has 3 rings (SSSR count). The molecule has 1 aliphatic heterocycles. The van der Waals surface area contributed by atoms with E-state index < -0.39 is 39.5 Å². The summed E-state index contributed by atoms with van der Waals surface area (Å²) < 4.78 is 32.0. The molecular formula is C21H28N4O5S. The number of sulfonamides is 1. The lowest BCUT2D eigenvalue weighted by atomic mass is 9.83. The minimum Gasteiger partial charge on any atom is -0.452 e. The van der Waals surface area contributed by atoms with Gasteiger partial charge in [0, 0.05) is 25.5 Å². The van der Waals surface area contributed by atoms with Gasteiger partial charge in [0.2, 0.25) is 10.0 Å². The molecule has 1 unspecified atom stereocenters. The highest BCUT2D eigenvalue weighted by atomic mass is 32.2. The van der Waals surface area contributed by atoms with Gasteiger partial charge in [-0.2, -0.15) is 9.57 Å². The Bertz CT molecular complexity index is 930. The van der Waals surface area contributed by atoms with Crippen molar-refractivity contribution in [1.82, 2.24) is 14.6 Å². The van der Waals surface area contributed by atoms with Crippen molar-refractivity contribution in [3.63, 3.8) is 0 Å². The van der Waals surface area contributed by atoms with Gasteiger partial charge in [-0.05, 0) is 44.7 Å². The van der Waals surface area contributed by atoms with Gasteiger partial charge < -0.3 is 10.1 Å². The van der Waals surface area contributed by atoms with Crippen LogP contribution in [-0.4, -0.2) is 54.3 Å². The number of nitrogens with zero attached hydrogens (tertiary/aromatic N) is 3. The van der Waals surface area contributed by atoms with E-state index in [1.54, 1.807) is 6.07 Å². The standard InChI is InChI=1S/C21H28N4O5S/c1-16(19(26)24-21(15-22)9-3-2-4-10-21)30-20(27)17-7-12-25(13-8-17)31(28,29)18-6-5-11-23-14-18/h5-6,11,14,16-17H,2-4,7-10,12-13H2,1H3,(H,24,26). The molecule has 2 heterocycles. The van der Waals surface area contributed by atoms with Crippen molar-refractivity contribution in [2.45, 2.75) is 68.4 Å². The summed E-state index contributed by atoms with van der Waals surface area (Å²) in [5, 5.41) is 12.3. The number of esters is 1. The SMILES string of the molecule is CC(OC(=O)C1CCN(S(=O)(=O)c2cccnc2)CC1)C(=O)NC1(C#N)CCCCC1. The second-order valence-corrected chi connectivity index (χ2v) is 10.1. The van der Waals surface area contributed by atoms with Crippen molar-refractivity contribution < 1.29 is 22.7 Å². The van der Waals surface area contributed by atoms with Crippen LogP contribution in [0.2, 0.25) is 0 Å². The summed E-state index contributed by atoms with van der Waals surface area (Å²) in [5.41, 5.74) is -0.887. The van der Waals surface area contributed by atoms with Crippen LogP contribution in [0.4, 0.5) is 0 Å². The number of hydrogen-bond donors (Lipinski definition) is 1. The molecule has 10 heteroatoms. The van der Waals surface area contributed by atoms with Crippen molar-refractivity contribution in [3.05, 3.63) is 24.5 Å². The molecule has 9 nitrogen and oxygen atoms in total. The first kappa shape index (κ1) is 23.2. The zero-order valence-electron chi connectivity index (χ0n) is 17.6. The number of piperidine rings is 1. The lowest BCUT2D eigenvalue weighted by Gasteiger charge is -2.33. The number of carbonyl (C=O) groups is 2. The topological polar surface area (TPSA) is 129 Å². The first-order valence-electron chi connectivity index (χ1n) is 10.6. The highest BCUT2D eigenvalue weighted by Crippen LogP contribution is 2.28. The minimum atomic E-state index is -3.65. The van der Waals surface area contributed by atoms with Gasteiger partial charge in [0.05, 0.1) is 12.0 Å². The predicted octanol–water partition coefficient (Wildman–Crippen LogP) is 1.76. The van der Waals surface area contributed by atoms with Gasteiger partial charge in [-0.15, -0.1) is 0 Å². The summed E-state index contributed by atoms with van der Waals surface area (Å²) >= 11 is 0. The maximum atomic E-state index is 12.7. The number of amides is 1. The van der Waals surface area contributed by atoms with Crippen molar-refractivity contribution in [2.24, 2.45) is 5.92 Å². The van der Waals surface area contributed by atoms with E-state index in [1.807, 2.05) is 0 Å². The predicted molar refractivity (Wildman–Crippen MR) is 111 cm³/mol. The largest absolute Gasteiger partial charge is 0.452 e. The van der Waals surface area contributed by atoms with E-state index in [0.29, 0.717) is 25.7 Å². The van der Waals surface area contributed by atoms with Gasteiger partial charge in [0.1, 0.15) is 10.4 Å². The molecule has 31 heavy (non-hydrogen) atoms. The first-order valence-corrected chi connectivity index (χ1v) is 12.1. The van der Waals surface area contributed by atoms with Gasteiger partial charge in [-0.3, -0.25) is 14.6 Å². The van der Waals surface area contributed by atoms with Crippen LogP contribution < -0.4 is 5.32 Å². The van der Waals surface area contributed by atoms with Crippen molar-refractivity contribution in [3.8, 4) is 6.07 Å².